The highest BCUT2D eigenvalue weighted by atomic mass is 35.5. The maximum absolute atomic E-state index is 5.94. The lowest BCUT2D eigenvalue weighted by atomic mass is 9.75. The number of piperidine rings is 1. The van der Waals surface area contributed by atoms with Crippen LogP contribution in [0.25, 0.3) is 0 Å². The van der Waals surface area contributed by atoms with Gasteiger partial charge < -0.3 is 10.2 Å². The number of benzene rings is 1. The normalized spacial score (nSPS) is 28.3. The molecule has 0 atom stereocenters. The van der Waals surface area contributed by atoms with Crippen LogP contribution in [0.1, 0.15) is 44.1 Å². The molecule has 1 heterocycles. The maximum atomic E-state index is 5.94. The van der Waals surface area contributed by atoms with Crippen molar-refractivity contribution in [3.8, 4) is 0 Å². The van der Waals surface area contributed by atoms with E-state index in [0.717, 1.165) is 23.0 Å². The average molecular weight is 293 g/mol. The first-order valence-electron chi connectivity index (χ1n) is 7.98. The van der Waals surface area contributed by atoms with Gasteiger partial charge >= 0.3 is 0 Å². The molecule has 3 heteroatoms. The smallest absolute Gasteiger partial charge is 0.0406 e. The highest BCUT2D eigenvalue weighted by Crippen LogP contribution is 2.37. The molecule has 0 radical (unpaired) electrons. The molecule has 2 fully saturated rings. The number of halogens is 1. The summed E-state index contributed by atoms with van der Waals surface area (Å²) in [7, 11) is 0. The molecule has 20 heavy (non-hydrogen) atoms. The topological polar surface area (TPSA) is 15.3 Å². The zero-order chi connectivity index (χ0) is 13.9. The van der Waals surface area contributed by atoms with Crippen LogP contribution in [0.15, 0.2) is 24.3 Å². The molecule has 0 amide bonds. The molecule has 1 aliphatic carbocycles. The number of rotatable bonds is 4. The lowest BCUT2D eigenvalue weighted by Gasteiger charge is -2.41. The minimum atomic E-state index is 0.730. The fourth-order valence-corrected chi connectivity index (χ4v) is 3.64. The maximum Gasteiger partial charge on any atom is 0.0406 e. The van der Waals surface area contributed by atoms with E-state index in [4.69, 9.17) is 11.6 Å². The van der Waals surface area contributed by atoms with E-state index in [1.54, 1.807) is 0 Å². The Bertz CT molecular complexity index is 417. The SMILES string of the molecule is CCN1CCC(NC2CC(c3ccc(Cl)cc3)C2)CC1. The Morgan fingerprint density at radius 3 is 2.35 bits per heavy atom. The van der Waals surface area contributed by atoms with Crippen molar-refractivity contribution in [1.82, 2.24) is 10.2 Å². The van der Waals surface area contributed by atoms with Crippen LogP contribution in [0.5, 0.6) is 0 Å². The van der Waals surface area contributed by atoms with E-state index in [2.05, 4.69) is 29.3 Å². The summed E-state index contributed by atoms with van der Waals surface area (Å²) >= 11 is 5.94. The zero-order valence-electron chi connectivity index (χ0n) is 12.3. The summed E-state index contributed by atoms with van der Waals surface area (Å²) in [5, 5.41) is 4.70. The van der Waals surface area contributed by atoms with Crippen LogP contribution < -0.4 is 5.32 Å². The summed E-state index contributed by atoms with van der Waals surface area (Å²) in [6.07, 6.45) is 5.21. The van der Waals surface area contributed by atoms with E-state index in [1.807, 2.05) is 12.1 Å². The van der Waals surface area contributed by atoms with Gasteiger partial charge in [-0.25, -0.2) is 0 Å². The van der Waals surface area contributed by atoms with Gasteiger partial charge in [-0.05, 0) is 68.9 Å². The molecule has 1 saturated heterocycles. The lowest BCUT2D eigenvalue weighted by molar-refractivity contribution is 0.176. The van der Waals surface area contributed by atoms with Gasteiger partial charge in [-0.2, -0.15) is 0 Å². The van der Waals surface area contributed by atoms with E-state index in [0.29, 0.717) is 0 Å². The minimum absolute atomic E-state index is 0.730. The molecule has 2 nitrogen and oxygen atoms in total. The van der Waals surface area contributed by atoms with Gasteiger partial charge in [0, 0.05) is 17.1 Å². The molecule has 1 aromatic rings. The quantitative estimate of drug-likeness (QED) is 0.911. The molecule has 0 spiro atoms. The fourth-order valence-electron chi connectivity index (χ4n) is 3.51. The number of hydrogen-bond acceptors (Lipinski definition) is 2. The predicted molar refractivity (Wildman–Crippen MR) is 85.5 cm³/mol. The monoisotopic (exact) mass is 292 g/mol. The van der Waals surface area contributed by atoms with Gasteiger partial charge in [0.1, 0.15) is 0 Å². The molecular weight excluding hydrogens is 268 g/mol. The van der Waals surface area contributed by atoms with Crippen LogP contribution >= 0.6 is 11.6 Å². The van der Waals surface area contributed by atoms with Crippen molar-refractivity contribution >= 4 is 11.6 Å². The summed E-state index contributed by atoms with van der Waals surface area (Å²) in [5.74, 6) is 0.737. The Kier molecular flexibility index (Phi) is 4.65. The van der Waals surface area contributed by atoms with E-state index in [1.165, 1.54) is 50.9 Å². The van der Waals surface area contributed by atoms with Gasteiger partial charge in [-0.3, -0.25) is 0 Å². The number of hydrogen-bond donors (Lipinski definition) is 1. The standard InChI is InChI=1S/C17H25ClN2/c1-2-20-9-7-16(8-10-20)19-17-11-14(12-17)13-3-5-15(18)6-4-13/h3-6,14,16-17,19H,2,7-12H2,1H3. The molecule has 2 aliphatic rings. The third kappa shape index (κ3) is 3.36. The summed E-state index contributed by atoms with van der Waals surface area (Å²) in [5.41, 5.74) is 1.45. The van der Waals surface area contributed by atoms with Crippen molar-refractivity contribution in [3.63, 3.8) is 0 Å². The van der Waals surface area contributed by atoms with Gasteiger partial charge in [0.2, 0.25) is 0 Å². The Hall–Kier alpha value is -0.570. The summed E-state index contributed by atoms with van der Waals surface area (Å²) in [4.78, 5) is 2.55. The predicted octanol–water partition coefficient (Wildman–Crippen LogP) is 3.66. The van der Waals surface area contributed by atoms with E-state index >= 15 is 0 Å². The third-order valence-corrected chi connectivity index (χ3v) is 5.24. The van der Waals surface area contributed by atoms with Gasteiger partial charge in [0.05, 0.1) is 0 Å². The average Bonchev–Trinajstić information content (AvgIpc) is 2.44. The molecule has 110 valence electrons. The molecule has 3 rings (SSSR count). The second-order valence-corrected chi connectivity index (χ2v) is 6.73. The second kappa shape index (κ2) is 6.46. The van der Waals surface area contributed by atoms with E-state index in [9.17, 15) is 0 Å². The number of nitrogens with zero attached hydrogens (tertiary/aromatic N) is 1. The second-order valence-electron chi connectivity index (χ2n) is 6.29. The van der Waals surface area contributed by atoms with Crippen LogP contribution in [-0.2, 0) is 0 Å². The summed E-state index contributed by atoms with van der Waals surface area (Å²) in [6.45, 7) is 5.99. The number of likely N-dealkylation sites (tertiary alicyclic amines) is 1. The van der Waals surface area contributed by atoms with Crippen molar-refractivity contribution in [2.45, 2.75) is 50.6 Å². The van der Waals surface area contributed by atoms with E-state index in [-0.39, 0.29) is 0 Å². The Morgan fingerprint density at radius 2 is 1.75 bits per heavy atom. The van der Waals surface area contributed by atoms with Gasteiger partial charge in [-0.1, -0.05) is 30.7 Å². The van der Waals surface area contributed by atoms with Gasteiger partial charge in [0.15, 0.2) is 0 Å². The highest BCUT2D eigenvalue weighted by Gasteiger charge is 2.32. The van der Waals surface area contributed by atoms with E-state index < -0.39 is 0 Å². The first-order valence-corrected chi connectivity index (χ1v) is 8.36. The van der Waals surface area contributed by atoms with Crippen molar-refractivity contribution < 1.29 is 0 Å². The lowest BCUT2D eigenvalue weighted by Crippen LogP contribution is -2.49. The van der Waals surface area contributed by atoms with Gasteiger partial charge in [-0.15, -0.1) is 0 Å². The van der Waals surface area contributed by atoms with Crippen molar-refractivity contribution in [3.05, 3.63) is 34.9 Å². The van der Waals surface area contributed by atoms with Crippen LogP contribution in [0, 0.1) is 0 Å². The third-order valence-electron chi connectivity index (χ3n) is 4.99. The Balaban J connectivity index is 1.41. The molecular formula is C17H25ClN2. The fraction of sp³-hybridized carbons (Fsp3) is 0.647. The summed E-state index contributed by atoms with van der Waals surface area (Å²) < 4.78 is 0. The van der Waals surface area contributed by atoms with Gasteiger partial charge in [0.25, 0.3) is 0 Å². The first kappa shape index (κ1) is 14.4. The molecule has 0 bridgehead atoms. The zero-order valence-corrected chi connectivity index (χ0v) is 13.1. The molecule has 0 aromatic heterocycles. The van der Waals surface area contributed by atoms with Crippen molar-refractivity contribution in [2.75, 3.05) is 19.6 Å². The molecule has 0 unspecified atom stereocenters. The molecule has 1 aliphatic heterocycles. The Labute approximate surface area is 127 Å². The number of nitrogens with one attached hydrogen (secondary N) is 1. The molecule has 1 N–H and O–H groups in total. The highest BCUT2D eigenvalue weighted by molar-refractivity contribution is 6.30. The molecule has 1 saturated carbocycles. The van der Waals surface area contributed by atoms with Crippen molar-refractivity contribution in [1.29, 1.82) is 0 Å². The van der Waals surface area contributed by atoms with Crippen molar-refractivity contribution in [2.24, 2.45) is 0 Å². The van der Waals surface area contributed by atoms with Crippen LogP contribution in [0.3, 0.4) is 0 Å². The van der Waals surface area contributed by atoms with Crippen LogP contribution in [-0.4, -0.2) is 36.6 Å². The minimum Gasteiger partial charge on any atom is -0.311 e. The van der Waals surface area contributed by atoms with Crippen LogP contribution in [0.4, 0.5) is 0 Å². The largest absolute Gasteiger partial charge is 0.311 e. The Morgan fingerprint density at radius 1 is 1.10 bits per heavy atom. The van der Waals surface area contributed by atoms with Crippen LogP contribution in [0.2, 0.25) is 5.02 Å². The summed E-state index contributed by atoms with van der Waals surface area (Å²) in [6, 6.07) is 9.87. The molecule has 1 aromatic carbocycles. The first-order chi connectivity index (χ1) is 9.74.